The van der Waals surface area contributed by atoms with Gasteiger partial charge < -0.3 is 14.5 Å². The molecular weight excluding hydrogens is 338 g/mol. The van der Waals surface area contributed by atoms with Crippen LogP contribution in [0.25, 0.3) is 10.9 Å². The smallest absolute Gasteiger partial charge is 0.195 e. The maximum absolute atomic E-state index is 13.4. The first-order chi connectivity index (χ1) is 12.7. The van der Waals surface area contributed by atoms with Crippen molar-refractivity contribution in [2.24, 2.45) is 0 Å². The van der Waals surface area contributed by atoms with E-state index < -0.39 is 0 Å². The quantitative estimate of drug-likeness (QED) is 0.614. The standard InChI is InChI=1S/C23H27NO3/c1-12(2)27-23-13(3)8-9-18-20(16(6)24-21(18)23)22(25)17-10-14(4)15(5)19(11-17)26-7/h8-12,24H,1-7H3. The lowest BCUT2D eigenvalue weighted by molar-refractivity contribution is 0.103. The van der Waals surface area contributed by atoms with Crippen molar-refractivity contribution in [1.82, 2.24) is 4.98 Å². The third kappa shape index (κ3) is 3.32. The van der Waals surface area contributed by atoms with Crippen LogP contribution in [0.5, 0.6) is 11.5 Å². The number of nitrogens with one attached hydrogen (secondary N) is 1. The normalized spacial score (nSPS) is 11.3. The number of carbonyl (C=O) groups excluding carboxylic acids is 1. The van der Waals surface area contributed by atoms with Crippen molar-refractivity contribution in [1.29, 1.82) is 0 Å². The third-order valence-electron chi connectivity index (χ3n) is 4.99. The van der Waals surface area contributed by atoms with Crippen molar-refractivity contribution in [3.63, 3.8) is 0 Å². The fourth-order valence-electron chi connectivity index (χ4n) is 3.47. The van der Waals surface area contributed by atoms with Crippen molar-refractivity contribution in [3.8, 4) is 11.5 Å². The number of ether oxygens (including phenoxy) is 2. The highest BCUT2D eigenvalue weighted by molar-refractivity contribution is 6.18. The Labute approximate surface area is 160 Å². The molecule has 0 radical (unpaired) electrons. The SMILES string of the molecule is COc1cc(C(=O)c2c(C)[nH]c3c(OC(C)C)c(C)ccc23)cc(C)c1C. The molecule has 1 N–H and O–H groups in total. The number of aromatic amines is 1. The van der Waals surface area contributed by atoms with Gasteiger partial charge in [0.1, 0.15) is 11.5 Å². The van der Waals surface area contributed by atoms with Gasteiger partial charge in [0, 0.05) is 16.6 Å². The van der Waals surface area contributed by atoms with Gasteiger partial charge in [-0.2, -0.15) is 0 Å². The summed E-state index contributed by atoms with van der Waals surface area (Å²) in [7, 11) is 1.63. The summed E-state index contributed by atoms with van der Waals surface area (Å²) in [6, 6.07) is 7.75. The molecular formula is C23H27NO3. The molecule has 0 atom stereocenters. The Balaban J connectivity index is 2.19. The number of benzene rings is 2. The second-order valence-corrected chi connectivity index (χ2v) is 7.38. The first-order valence-electron chi connectivity index (χ1n) is 9.23. The number of aryl methyl sites for hydroxylation is 3. The van der Waals surface area contributed by atoms with Crippen LogP contribution in [0.1, 0.15) is 52.2 Å². The van der Waals surface area contributed by atoms with E-state index in [9.17, 15) is 4.79 Å². The van der Waals surface area contributed by atoms with Crippen LogP contribution >= 0.6 is 0 Å². The molecule has 2 aromatic carbocycles. The van der Waals surface area contributed by atoms with E-state index in [0.29, 0.717) is 11.1 Å². The molecule has 4 heteroatoms. The molecule has 3 rings (SSSR count). The fourth-order valence-corrected chi connectivity index (χ4v) is 3.47. The van der Waals surface area contributed by atoms with E-state index >= 15 is 0 Å². The maximum atomic E-state index is 13.4. The molecule has 142 valence electrons. The number of hydrogen-bond acceptors (Lipinski definition) is 3. The molecule has 0 saturated carbocycles. The third-order valence-corrected chi connectivity index (χ3v) is 4.99. The maximum Gasteiger partial charge on any atom is 0.195 e. The van der Waals surface area contributed by atoms with E-state index in [1.165, 1.54) is 0 Å². The molecule has 0 fully saturated rings. The summed E-state index contributed by atoms with van der Waals surface area (Å²) >= 11 is 0. The zero-order chi connectivity index (χ0) is 19.9. The lowest BCUT2D eigenvalue weighted by atomic mass is 9.96. The van der Waals surface area contributed by atoms with Crippen LogP contribution in [0.15, 0.2) is 24.3 Å². The first-order valence-corrected chi connectivity index (χ1v) is 9.23. The molecule has 0 aliphatic carbocycles. The van der Waals surface area contributed by atoms with Gasteiger partial charge in [0.2, 0.25) is 0 Å². The van der Waals surface area contributed by atoms with E-state index in [1.54, 1.807) is 7.11 Å². The number of methoxy groups -OCH3 is 1. The molecule has 0 aliphatic heterocycles. The number of fused-ring (bicyclic) bond motifs is 1. The second-order valence-electron chi connectivity index (χ2n) is 7.38. The van der Waals surface area contributed by atoms with E-state index in [4.69, 9.17) is 9.47 Å². The lowest BCUT2D eigenvalue weighted by Crippen LogP contribution is -2.07. The minimum absolute atomic E-state index is 0.0144. The van der Waals surface area contributed by atoms with Gasteiger partial charge in [-0.15, -0.1) is 0 Å². The van der Waals surface area contributed by atoms with Gasteiger partial charge in [-0.05, 0) is 70.4 Å². The number of carbonyl (C=O) groups is 1. The Morgan fingerprint density at radius 3 is 2.37 bits per heavy atom. The highest BCUT2D eigenvalue weighted by Crippen LogP contribution is 2.35. The van der Waals surface area contributed by atoms with Crippen LogP contribution in [0.4, 0.5) is 0 Å². The number of aromatic nitrogens is 1. The Morgan fingerprint density at radius 2 is 1.74 bits per heavy atom. The first kappa shape index (κ1) is 19.0. The molecule has 27 heavy (non-hydrogen) atoms. The molecule has 3 aromatic rings. The summed E-state index contributed by atoms with van der Waals surface area (Å²) in [5, 5.41) is 0.885. The van der Waals surface area contributed by atoms with Crippen molar-refractivity contribution in [3.05, 3.63) is 57.8 Å². The van der Waals surface area contributed by atoms with E-state index in [2.05, 4.69) is 4.98 Å². The second kappa shape index (κ2) is 7.10. The summed E-state index contributed by atoms with van der Waals surface area (Å²) < 4.78 is 11.5. The monoisotopic (exact) mass is 365 g/mol. The molecule has 0 aliphatic rings. The fraction of sp³-hybridized carbons (Fsp3) is 0.348. The predicted molar refractivity (Wildman–Crippen MR) is 109 cm³/mol. The van der Waals surface area contributed by atoms with E-state index in [1.807, 2.05) is 65.8 Å². The molecule has 0 amide bonds. The van der Waals surface area contributed by atoms with Crippen LogP contribution in [-0.2, 0) is 0 Å². The zero-order valence-corrected chi connectivity index (χ0v) is 17.1. The van der Waals surface area contributed by atoms with Gasteiger partial charge in [0.15, 0.2) is 5.78 Å². The Kier molecular flexibility index (Phi) is 5.01. The van der Waals surface area contributed by atoms with Gasteiger partial charge in [-0.3, -0.25) is 4.79 Å². The van der Waals surface area contributed by atoms with Gasteiger partial charge >= 0.3 is 0 Å². The van der Waals surface area contributed by atoms with Gasteiger partial charge in [-0.1, -0.05) is 12.1 Å². The Hall–Kier alpha value is -2.75. The molecule has 1 heterocycles. The average Bonchev–Trinajstić information content (AvgIpc) is 2.95. The van der Waals surface area contributed by atoms with Crippen LogP contribution in [-0.4, -0.2) is 24.0 Å². The molecule has 0 unspecified atom stereocenters. The van der Waals surface area contributed by atoms with Crippen molar-refractivity contribution < 1.29 is 14.3 Å². The largest absolute Gasteiger partial charge is 0.496 e. The van der Waals surface area contributed by atoms with Gasteiger partial charge in [0.25, 0.3) is 0 Å². The van der Waals surface area contributed by atoms with Crippen LogP contribution in [0, 0.1) is 27.7 Å². The Morgan fingerprint density at radius 1 is 1.04 bits per heavy atom. The highest BCUT2D eigenvalue weighted by Gasteiger charge is 2.22. The number of hydrogen-bond donors (Lipinski definition) is 1. The minimum atomic E-state index is -0.0144. The number of H-pyrrole nitrogens is 1. The zero-order valence-electron chi connectivity index (χ0n) is 17.1. The summed E-state index contributed by atoms with van der Waals surface area (Å²) in [5.41, 5.74) is 6.16. The van der Waals surface area contributed by atoms with Crippen LogP contribution in [0.2, 0.25) is 0 Å². The number of ketones is 1. The van der Waals surface area contributed by atoms with Gasteiger partial charge in [-0.25, -0.2) is 0 Å². The topological polar surface area (TPSA) is 51.3 Å². The molecule has 0 saturated heterocycles. The van der Waals surface area contributed by atoms with Crippen LogP contribution < -0.4 is 9.47 Å². The Bertz CT molecular complexity index is 1030. The predicted octanol–water partition coefficient (Wildman–Crippen LogP) is 5.43. The number of rotatable bonds is 5. The van der Waals surface area contributed by atoms with Crippen LogP contribution in [0.3, 0.4) is 0 Å². The molecule has 4 nitrogen and oxygen atoms in total. The van der Waals surface area contributed by atoms with Crippen molar-refractivity contribution in [2.75, 3.05) is 7.11 Å². The lowest BCUT2D eigenvalue weighted by Gasteiger charge is -2.13. The van der Waals surface area contributed by atoms with E-state index in [0.717, 1.165) is 44.8 Å². The molecule has 0 bridgehead atoms. The van der Waals surface area contributed by atoms with Crippen molar-refractivity contribution in [2.45, 2.75) is 47.6 Å². The summed E-state index contributed by atoms with van der Waals surface area (Å²) in [5.74, 6) is 1.53. The highest BCUT2D eigenvalue weighted by atomic mass is 16.5. The average molecular weight is 365 g/mol. The van der Waals surface area contributed by atoms with E-state index in [-0.39, 0.29) is 11.9 Å². The molecule has 0 spiro atoms. The van der Waals surface area contributed by atoms with Gasteiger partial charge in [0.05, 0.1) is 24.3 Å². The summed E-state index contributed by atoms with van der Waals surface area (Å²) in [6.45, 7) is 11.9. The summed E-state index contributed by atoms with van der Waals surface area (Å²) in [6.07, 6.45) is 0.0565. The summed E-state index contributed by atoms with van der Waals surface area (Å²) in [4.78, 5) is 16.7. The molecule has 1 aromatic heterocycles. The minimum Gasteiger partial charge on any atom is -0.496 e. The van der Waals surface area contributed by atoms with Crippen molar-refractivity contribution >= 4 is 16.7 Å².